The number of aromatic nitrogens is 2. The van der Waals surface area contributed by atoms with E-state index in [0.29, 0.717) is 0 Å². The Kier molecular flexibility index (Phi) is 9.60. The average molecular weight is 383 g/mol. The van der Waals surface area contributed by atoms with Crippen LogP contribution in [-0.4, -0.2) is 72.6 Å². The van der Waals surface area contributed by atoms with E-state index in [4.69, 9.17) is 4.84 Å². The summed E-state index contributed by atoms with van der Waals surface area (Å²) < 4.78 is 9.33. The van der Waals surface area contributed by atoms with Crippen LogP contribution >= 0.6 is 0 Å². The summed E-state index contributed by atoms with van der Waals surface area (Å²) in [5.74, 6) is -2.60. The number of amides is 2. The van der Waals surface area contributed by atoms with Crippen LogP contribution in [0.25, 0.3) is 0 Å². The first-order valence-corrected chi connectivity index (χ1v) is 8.03. The van der Waals surface area contributed by atoms with Gasteiger partial charge in [-0.25, -0.2) is 4.79 Å². The standard InChI is InChI=1S/C15H21N5O7/c1-3-25-12(22)8-16-11(21)7-17-15(24)14(10-5-6-18-19-10)20-27-9-13(23)26-4-2/h5-6H,3-4,7-9H2,1-2H3,(H,16,21)(H,17,24)(H,18,19). The number of ether oxygens (including phenoxy) is 2. The molecule has 0 saturated heterocycles. The Morgan fingerprint density at radius 1 is 1.07 bits per heavy atom. The summed E-state index contributed by atoms with van der Waals surface area (Å²) in [6.07, 6.45) is 1.38. The molecule has 0 unspecified atom stereocenters. The van der Waals surface area contributed by atoms with Crippen LogP contribution in [0.4, 0.5) is 0 Å². The molecule has 0 spiro atoms. The minimum absolute atomic E-state index is 0.181. The molecule has 0 aliphatic rings. The molecule has 2 amide bonds. The van der Waals surface area contributed by atoms with E-state index in [9.17, 15) is 19.2 Å². The fourth-order valence-corrected chi connectivity index (χ4v) is 1.64. The molecule has 0 aliphatic carbocycles. The average Bonchev–Trinajstić information content (AvgIpc) is 3.16. The Balaban J connectivity index is 2.58. The Bertz CT molecular complexity index is 672. The molecule has 0 aliphatic heterocycles. The van der Waals surface area contributed by atoms with Gasteiger partial charge in [-0.1, -0.05) is 5.16 Å². The van der Waals surface area contributed by atoms with E-state index in [1.54, 1.807) is 13.8 Å². The van der Waals surface area contributed by atoms with E-state index in [-0.39, 0.29) is 31.2 Å². The molecular weight excluding hydrogens is 362 g/mol. The zero-order valence-electron chi connectivity index (χ0n) is 14.9. The van der Waals surface area contributed by atoms with Crippen molar-refractivity contribution in [2.45, 2.75) is 13.8 Å². The third-order valence-corrected chi connectivity index (χ3v) is 2.76. The van der Waals surface area contributed by atoms with Crippen molar-refractivity contribution in [1.82, 2.24) is 20.8 Å². The van der Waals surface area contributed by atoms with Gasteiger partial charge in [0, 0.05) is 6.20 Å². The fraction of sp³-hybridized carbons (Fsp3) is 0.467. The normalized spacial score (nSPS) is 10.7. The topological polar surface area (TPSA) is 161 Å². The number of carbonyl (C=O) groups is 4. The minimum atomic E-state index is -0.755. The second-order valence-electron chi connectivity index (χ2n) is 4.75. The van der Waals surface area contributed by atoms with Crippen molar-refractivity contribution in [3.8, 4) is 0 Å². The van der Waals surface area contributed by atoms with E-state index in [0.717, 1.165) is 0 Å². The maximum atomic E-state index is 12.2. The molecule has 27 heavy (non-hydrogen) atoms. The molecule has 0 bridgehead atoms. The summed E-state index contributed by atoms with van der Waals surface area (Å²) in [7, 11) is 0. The SMILES string of the molecule is CCOC(=O)CNC(=O)CNC(=O)C(=NOCC(=O)OCC)c1ccn[nH]1. The number of hydrogen-bond donors (Lipinski definition) is 3. The smallest absolute Gasteiger partial charge is 0.347 e. The van der Waals surface area contributed by atoms with Gasteiger partial charge in [0.05, 0.1) is 25.5 Å². The van der Waals surface area contributed by atoms with Gasteiger partial charge in [0.1, 0.15) is 6.54 Å². The summed E-state index contributed by atoms with van der Waals surface area (Å²) in [4.78, 5) is 51.1. The quantitative estimate of drug-likeness (QED) is 0.236. The second-order valence-corrected chi connectivity index (χ2v) is 4.75. The predicted molar refractivity (Wildman–Crippen MR) is 90.4 cm³/mol. The Morgan fingerprint density at radius 3 is 2.41 bits per heavy atom. The van der Waals surface area contributed by atoms with Crippen molar-refractivity contribution in [1.29, 1.82) is 0 Å². The van der Waals surface area contributed by atoms with Crippen molar-refractivity contribution < 1.29 is 33.5 Å². The van der Waals surface area contributed by atoms with Crippen molar-refractivity contribution in [3.05, 3.63) is 18.0 Å². The molecule has 0 saturated carbocycles. The van der Waals surface area contributed by atoms with E-state index in [1.165, 1.54) is 12.3 Å². The number of aromatic amines is 1. The molecule has 3 N–H and O–H groups in total. The van der Waals surface area contributed by atoms with Crippen LogP contribution in [0.2, 0.25) is 0 Å². The highest BCUT2D eigenvalue weighted by molar-refractivity contribution is 6.44. The summed E-state index contributed by atoms with van der Waals surface area (Å²) in [6, 6.07) is 1.45. The van der Waals surface area contributed by atoms with E-state index >= 15 is 0 Å². The van der Waals surface area contributed by atoms with Gasteiger partial charge in [0.15, 0.2) is 5.71 Å². The third-order valence-electron chi connectivity index (χ3n) is 2.76. The lowest BCUT2D eigenvalue weighted by molar-refractivity contribution is -0.148. The Morgan fingerprint density at radius 2 is 1.78 bits per heavy atom. The van der Waals surface area contributed by atoms with Crippen LogP contribution < -0.4 is 10.6 Å². The van der Waals surface area contributed by atoms with E-state index in [2.05, 4.69) is 35.5 Å². The van der Waals surface area contributed by atoms with Gasteiger partial charge in [-0.15, -0.1) is 0 Å². The number of carbonyl (C=O) groups excluding carboxylic acids is 4. The highest BCUT2D eigenvalue weighted by atomic mass is 16.7. The first-order chi connectivity index (χ1) is 13.0. The molecule has 0 fully saturated rings. The number of nitrogens with one attached hydrogen (secondary N) is 3. The predicted octanol–water partition coefficient (Wildman–Crippen LogP) is -1.51. The van der Waals surface area contributed by atoms with Gasteiger partial charge in [-0.2, -0.15) is 5.10 Å². The number of esters is 2. The molecular formula is C15H21N5O7. The minimum Gasteiger partial charge on any atom is -0.465 e. The molecule has 12 heteroatoms. The van der Waals surface area contributed by atoms with Crippen LogP contribution in [0.3, 0.4) is 0 Å². The zero-order valence-corrected chi connectivity index (χ0v) is 14.9. The summed E-state index contributed by atoms with van der Waals surface area (Å²) in [5.41, 5.74) is -0.0155. The van der Waals surface area contributed by atoms with Crippen LogP contribution in [0.15, 0.2) is 17.4 Å². The number of rotatable bonds is 11. The molecule has 1 aromatic rings. The lowest BCUT2D eigenvalue weighted by atomic mass is 10.2. The van der Waals surface area contributed by atoms with Crippen molar-refractivity contribution in [2.75, 3.05) is 32.9 Å². The van der Waals surface area contributed by atoms with E-state index < -0.39 is 36.9 Å². The number of nitrogens with zero attached hydrogens (tertiary/aromatic N) is 2. The van der Waals surface area contributed by atoms with Gasteiger partial charge in [-0.05, 0) is 19.9 Å². The summed E-state index contributed by atoms with van der Waals surface area (Å²) in [6.45, 7) is 2.44. The highest BCUT2D eigenvalue weighted by Crippen LogP contribution is 1.98. The van der Waals surface area contributed by atoms with Gasteiger partial charge < -0.3 is 24.9 Å². The summed E-state index contributed by atoms with van der Waals surface area (Å²) >= 11 is 0. The van der Waals surface area contributed by atoms with Gasteiger partial charge in [0.2, 0.25) is 12.5 Å². The first kappa shape index (κ1) is 21.6. The number of H-pyrrole nitrogens is 1. The maximum absolute atomic E-state index is 12.2. The Hall–Kier alpha value is -3.44. The van der Waals surface area contributed by atoms with Crippen molar-refractivity contribution in [3.63, 3.8) is 0 Å². The van der Waals surface area contributed by atoms with Gasteiger partial charge in [0.25, 0.3) is 5.91 Å². The molecule has 148 valence electrons. The molecule has 1 rings (SSSR count). The third kappa shape index (κ3) is 8.47. The monoisotopic (exact) mass is 383 g/mol. The summed E-state index contributed by atoms with van der Waals surface area (Å²) in [5, 5.41) is 14.4. The zero-order chi connectivity index (χ0) is 20.1. The molecule has 1 aromatic heterocycles. The fourth-order valence-electron chi connectivity index (χ4n) is 1.64. The van der Waals surface area contributed by atoms with Crippen molar-refractivity contribution in [2.24, 2.45) is 5.16 Å². The van der Waals surface area contributed by atoms with E-state index in [1.807, 2.05) is 0 Å². The lowest BCUT2D eigenvalue weighted by Gasteiger charge is -2.08. The van der Waals surface area contributed by atoms with Gasteiger partial charge in [-0.3, -0.25) is 19.5 Å². The van der Waals surface area contributed by atoms with Gasteiger partial charge >= 0.3 is 11.9 Å². The highest BCUT2D eigenvalue weighted by Gasteiger charge is 2.18. The van der Waals surface area contributed by atoms with Crippen LogP contribution in [-0.2, 0) is 33.5 Å². The molecule has 0 aromatic carbocycles. The van der Waals surface area contributed by atoms with Crippen LogP contribution in [0.5, 0.6) is 0 Å². The molecule has 1 heterocycles. The first-order valence-electron chi connectivity index (χ1n) is 8.03. The van der Waals surface area contributed by atoms with Crippen molar-refractivity contribution >= 4 is 29.5 Å². The van der Waals surface area contributed by atoms with Crippen LogP contribution in [0, 0.1) is 0 Å². The van der Waals surface area contributed by atoms with Crippen LogP contribution in [0.1, 0.15) is 19.5 Å². The lowest BCUT2D eigenvalue weighted by Crippen LogP contribution is -2.42. The number of hydrogen-bond acceptors (Lipinski definition) is 9. The molecule has 0 atom stereocenters. The second kappa shape index (κ2) is 12.0. The maximum Gasteiger partial charge on any atom is 0.347 e. The number of oxime groups is 1. The molecule has 0 radical (unpaired) electrons. The molecule has 12 nitrogen and oxygen atoms in total. The largest absolute Gasteiger partial charge is 0.465 e. The Labute approximate surface area is 154 Å².